The van der Waals surface area contributed by atoms with Gasteiger partial charge in [-0.2, -0.15) is 5.26 Å². The zero-order valence-corrected chi connectivity index (χ0v) is 14.7. The average Bonchev–Trinajstić information content (AvgIpc) is 2.71. The number of anilines is 1. The molecular weight excluding hydrogens is 348 g/mol. The lowest BCUT2D eigenvalue weighted by Crippen LogP contribution is -2.23. The van der Waals surface area contributed by atoms with Crippen LogP contribution in [-0.4, -0.2) is 30.9 Å². The summed E-state index contributed by atoms with van der Waals surface area (Å²) in [5.74, 6) is -0.759. The Kier molecular flexibility index (Phi) is 7.08. The minimum Gasteiger partial charge on any atom is -0.482 e. The summed E-state index contributed by atoms with van der Waals surface area (Å²) in [6, 6.07) is 14.7. The molecule has 0 radical (unpaired) electrons. The molecule has 0 atom stereocenters. The molecule has 2 aromatic carbocycles. The SMILES string of the molecule is CCC(=O)c1ccc(OCC(=O)OCC(=O)Nc2ccc(C#N)cc2)cc1. The van der Waals surface area contributed by atoms with Gasteiger partial charge < -0.3 is 14.8 Å². The number of hydrogen-bond acceptors (Lipinski definition) is 6. The van der Waals surface area contributed by atoms with E-state index in [1.165, 1.54) is 0 Å². The van der Waals surface area contributed by atoms with Gasteiger partial charge in [-0.3, -0.25) is 9.59 Å². The lowest BCUT2D eigenvalue weighted by molar-refractivity contribution is -0.149. The highest BCUT2D eigenvalue weighted by Crippen LogP contribution is 2.13. The van der Waals surface area contributed by atoms with E-state index in [2.05, 4.69) is 5.32 Å². The zero-order chi connectivity index (χ0) is 19.6. The van der Waals surface area contributed by atoms with Crippen LogP contribution in [0.15, 0.2) is 48.5 Å². The van der Waals surface area contributed by atoms with Gasteiger partial charge in [0, 0.05) is 17.7 Å². The minimum atomic E-state index is -0.696. The van der Waals surface area contributed by atoms with Crippen LogP contribution < -0.4 is 10.1 Å². The Hall–Kier alpha value is -3.66. The fourth-order valence-electron chi connectivity index (χ4n) is 2.10. The summed E-state index contributed by atoms with van der Waals surface area (Å²) in [6.07, 6.45) is 0.414. The number of nitriles is 1. The van der Waals surface area contributed by atoms with Crippen LogP contribution in [0.25, 0.3) is 0 Å². The van der Waals surface area contributed by atoms with Crippen molar-refractivity contribution < 1.29 is 23.9 Å². The fourth-order valence-corrected chi connectivity index (χ4v) is 2.10. The van der Waals surface area contributed by atoms with Crippen LogP contribution in [0.1, 0.15) is 29.3 Å². The molecule has 7 nitrogen and oxygen atoms in total. The van der Waals surface area contributed by atoms with E-state index in [0.29, 0.717) is 29.0 Å². The van der Waals surface area contributed by atoms with Crippen LogP contribution in [0.5, 0.6) is 5.75 Å². The molecule has 0 saturated heterocycles. The van der Waals surface area contributed by atoms with Gasteiger partial charge >= 0.3 is 5.97 Å². The number of Topliss-reactive ketones (excluding diaryl/α,β-unsaturated/α-hetero) is 1. The van der Waals surface area contributed by atoms with E-state index in [4.69, 9.17) is 14.7 Å². The van der Waals surface area contributed by atoms with Crippen LogP contribution in [0, 0.1) is 11.3 Å². The van der Waals surface area contributed by atoms with Gasteiger partial charge in [-0.1, -0.05) is 6.92 Å². The number of carbonyl (C=O) groups is 3. The maximum absolute atomic E-state index is 11.7. The predicted octanol–water partition coefficient (Wildman–Crippen LogP) is 2.71. The lowest BCUT2D eigenvalue weighted by Gasteiger charge is -2.08. The summed E-state index contributed by atoms with van der Waals surface area (Å²) < 4.78 is 10.1. The Labute approximate surface area is 156 Å². The quantitative estimate of drug-likeness (QED) is 0.569. The molecule has 0 aliphatic rings. The van der Waals surface area contributed by atoms with Crippen molar-refractivity contribution in [2.45, 2.75) is 13.3 Å². The molecule has 0 heterocycles. The summed E-state index contributed by atoms with van der Waals surface area (Å²) in [7, 11) is 0. The summed E-state index contributed by atoms with van der Waals surface area (Å²) in [5.41, 5.74) is 1.54. The van der Waals surface area contributed by atoms with Gasteiger partial charge in [-0.25, -0.2) is 4.79 Å². The van der Waals surface area contributed by atoms with E-state index in [0.717, 1.165) is 0 Å². The number of carbonyl (C=O) groups excluding carboxylic acids is 3. The first-order chi connectivity index (χ1) is 13.0. The number of hydrogen-bond donors (Lipinski definition) is 1. The van der Waals surface area contributed by atoms with E-state index >= 15 is 0 Å². The Bertz CT molecular complexity index is 851. The highest BCUT2D eigenvalue weighted by Gasteiger charge is 2.09. The third-order valence-corrected chi connectivity index (χ3v) is 3.52. The smallest absolute Gasteiger partial charge is 0.344 e. The minimum absolute atomic E-state index is 0.0224. The Morgan fingerprint density at radius 3 is 2.26 bits per heavy atom. The second-order valence-electron chi connectivity index (χ2n) is 5.49. The van der Waals surface area contributed by atoms with Crippen LogP contribution in [-0.2, 0) is 14.3 Å². The van der Waals surface area contributed by atoms with E-state index in [1.807, 2.05) is 6.07 Å². The lowest BCUT2D eigenvalue weighted by atomic mass is 10.1. The van der Waals surface area contributed by atoms with Crippen molar-refractivity contribution in [3.8, 4) is 11.8 Å². The molecule has 0 aliphatic heterocycles. The zero-order valence-electron chi connectivity index (χ0n) is 14.7. The molecule has 0 unspecified atom stereocenters. The van der Waals surface area contributed by atoms with Gasteiger partial charge in [-0.15, -0.1) is 0 Å². The molecule has 1 N–H and O–H groups in total. The predicted molar refractivity (Wildman–Crippen MR) is 97.3 cm³/mol. The van der Waals surface area contributed by atoms with Crippen molar-refractivity contribution in [1.82, 2.24) is 0 Å². The number of amides is 1. The third kappa shape index (κ3) is 6.29. The Morgan fingerprint density at radius 2 is 1.67 bits per heavy atom. The van der Waals surface area contributed by atoms with Gasteiger partial charge in [0.25, 0.3) is 5.91 Å². The summed E-state index contributed by atoms with van der Waals surface area (Å²) in [4.78, 5) is 34.9. The van der Waals surface area contributed by atoms with Crippen LogP contribution in [0.2, 0.25) is 0 Å². The van der Waals surface area contributed by atoms with Crippen LogP contribution in [0.4, 0.5) is 5.69 Å². The summed E-state index contributed by atoms with van der Waals surface area (Å²) in [6.45, 7) is 0.970. The Morgan fingerprint density at radius 1 is 1.00 bits per heavy atom. The maximum Gasteiger partial charge on any atom is 0.344 e. The maximum atomic E-state index is 11.7. The van der Waals surface area contributed by atoms with Crippen molar-refractivity contribution >= 4 is 23.3 Å². The first kappa shape index (κ1) is 19.7. The third-order valence-electron chi connectivity index (χ3n) is 3.52. The second kappa shape index (κ2) is 9.73. The van der Waals surface area contributed by atoms with E-state index in [9.17, 15) is 14.4 Å². The van der Waals surface area contributed by atoms with Gasteiger partial charge in [0.15, 0.2) is 19.0 Å². The molecule has 2 rings (SSSR count). The number of rotatable bonds is 8. The molecule has 0 fully saturated rings. The molecule has 7 heteroatoms. The average molecular weight is 366 g/mol. The standard InChI is InChI=1S/C20H18N2O5/c1-2-18(23)15-5-9-17(10-6-15)26-13-20(25)27-12-19(24)22-16-7-3-14(11-21)4-8-16/h3-10H,2,12-13H2,1H3,(H,22,24). The molecule has 2 aromatic rings. The largest absolute Gasteiger partial charge is 0.482 e. The fraction of sp³-hybridized carbons (Fsp3) is 0.200. The summed E-state index contributed by atoms with van der Waals surface area (Å²) in [5, 5.41) is 11.3. The highest BCUT2D eigenvalue weighted by molar-refractivity contribution is 5.96. The van der Waals surface area contributed by atoms with Gasteiger partial charge in [-0.05, 0) is 48.5 Å². The van der Waals surface area contributed by atoms with E-state index < -0.39 is 18.5 Å². The number of ketones is 1. The normalized spacial score (nSPS) is 9.78. The molecule has 1 amide bonds. The van der Waals surface area contributed by atoms with Crippen molar-refractivity contribution in [3.63, 3.8) is 0 Å². The second-order valence-corrected chi connectivity index (χ2v) is 5.49. The van der Waals surface area contributed by atoms with Crippen molar-refractivity contribution in [2.75, 3.05) is 18.5 Å². The molecule has 27 heavy (non-hydrogen) atoms. The molecule has 0 saturated carbocycles. The molecular formula is C20H18N2O5. The van der Waals surface area contributed by atoms with Crippen LogP contribution >= 0.6 is 0 Å². The first-order valence-corrected chi connectivity index (χ1v) is 8.23. The van der Waals surface area contributed by atoms with Gasteiger partial charge in [0.1, 0.15) is 5.75 Å². The molecule has 138 valence electrons. The number of esters is 1. The molecule has 0 aromatic heterocycles. The molecule has 0 bridgehead atoms. The summed E-state index contributed by atoms with van der Waals surface area (Å²) >= 11 is 0. The number of benzene rings is 2. The van der Waals surface area contributed by atoms with Crippen molar-refractivity contribution in [1.29, 1.82) is 5.26 Å². The van der Waals surface area contributed by atoms with Crippen LogP contribution in [0.3, 0.4) is 0 Å². The van der Waals surface area contributed by atoms with Gasteiger partial charge in [0.05, 0.1) is 11.6 Å². The molecule has 0 spiro atoms. The Balaban J connectivity index is 1.73. The topological polar surface area (TPSA) is 105 Å². The van der Waals surface area contributed by atoms with E-state index in [1.54, 1.807) is 55.5 Å². The van der Waals surface area contributed by atoms with Crippen molar-refractivity contribution in [3.05, 3.63) is 59.7 Å². The first-order valence-electron chi connectivity index (χ1n) is 8.23. The number of nitrogens with zero attached hydrogens (tertiary/aromatic N) is 1. The number of nitrogens with one attached hydrogen (secondary N) is 1. The molecule has 0 aliphatic carbocycles. The van der Waals surface area contributed by atoms with Gasteiger partial charge in [0.2, 0.25) is 0 Å². The van der Waals surface area contributed by atoms with E-state index in [-0.39, 0.29) is 12.4 Å². The monoisotopic (exact) mass is 366 g/mol. The number of ether oxygens (including phenoxy) is 2. The highest BCUT2D eigenvalue weighted by atomic mass is 16.6. The van der Waals surface area contributed by atoms with Crippen molar-refractivity contribution in [2.24, 2.45) is 0 Å².